The van der Waals surface area contributed by atoms with Gasteiger partial charge in [0.05, 0.1) is 5.69 Å². The number of halogens is 2. The minimum absolute atomic E-state index is 0.262. The minimum atomic E-state index is -0.488. The highest BCUT2D eigenvalue weighted by atomic mass is 35.5. The van der Waals surface area contributed by atoms with E-state index in [-0.39, 0.29) is 11.1 Å². The van der Waals surface area contributed by atoms with Gasteiger partial charge in [0.15, 0.2) is 0 Å². The van der Waals surface area contributed by atoms with E-state index in [1.54, 1.807) is 19.9 Å². The van der Waals surface area contributed by atoms with Crippen molar-refractivity contribution in [3.63, 3.8) is 0 Å². The molecule has 1 aromatic heterocycles. The fraction of sp³-hybridized carbons (Fsp3) is 0.167. The molecule has 3 nitrogen and oxygen atoms in total. The molecular weight excluding hydrogens is 243 g/mol. The van der Waals surface area contributed by atoms with Gasteiger partial charge in [-0.05, 0) is 32.0 Å². The maximum atomic E-state index is 13.7. The number of nitrogens with zero attached hydrogens (tertiary/aromatic N) is 1. The van der Waals surface area contributed by atoms with Gasteiger partial charge in [-0.1, -0.05) is 11.6 Å². The van der Waals surface area contributed by atoms with E-state index in [4.69, 9.17) is 11.6 Å². The van der Waals surface area contributed by atoms with Crippen molar-refractivity contribution in [3.05, 3.63) is 50.8 Å². The van der Waals surface area contributed by atoms with E-state index in [0.29, 0.717) is 22.1 Å². The SMILES string of the molecule is Cc1nc(-c2ccc(Cl)cc2F)c(C)c(=O)[nH]1. The molecule has 88 valence electrons. The van der Waals surface area contributed by atoms with Crippen LogP contribution in [-0.4, -0.2) is 9.97 Å². The molecule has 0 radical (unpaired) electrons. The Hall–Kier alpha value is -1.68. The Morgan fingerprint density at radius 1 is 1.35 bits per heavy atom. The normalized spacial score (nSPS) is 10.6. The second kappa shape index (κ2) is 4.30. The van der Waals surface area contributed by atoms with Gasteiger partial charge in [-0.2, -0.15) is 0 Å². The summed E-state index contributed by atoms with van der Waals surface area (Å²) in [4.78, 5) is 18.3. The van der Waals surface area contributed by atoms with E-state index in [9.17, 15) is 9.18 Å². The third-order valence-corrected chi connectivity index (χ3v) is 2.69. The first kappa shape index (κ1) is 11.8. The number of aromatic amines is 1. The summed E-state index contributed by atoms with van der Waals surface area (Å²) in [5.74, 6) is -0.0388. The van der Waals surface area contributed by atoms with Crippen molar-refractivity contribution in [2.24, 2.45) is 0 Å². The van der Waals surface area contributed by atoms with Crippen LogP contribution < -0.4 is 5.56 Å². The molecule has 1 heterocycles. The van der Waals surface area contributed by atoms with Crippen LogP contribution in [0.1, 0.15) is 11.4 Å². The quantitative estimate of drug-likeness (QED) is 0.848. The van der Waals surface area contributed by atoms with E-state index < -0.39 is 5.82 Å². The Morgan fingerprint density at radius 3 is 2.71 bits per heavy atom. The molecule has 5 heteroatoms. The Morgan fingerprint density at radius 2 is 2.06 bits per heavy atom. The van der Waals surface area contributed by atoms with Crippen LogP contribution in [-0.2, 0) is 0 Å². The number of benzene rings is 1. The number of hydrogen-bond donors (Lipinski definition) is 1. The molecule has 0 spiro atoms. The van der Waals surface area contributed by atoms with Gasteiger partial charge in [0.1, 0.15) is 11.6 Å². The molecule has 0 bridgehead atoms. The Kier molecular flexibility index (Phi) is 2.98. The van der Waals surface area contributed by atoms with E-state index in [0.717, 1.165) is 0 Å². The third kappa shape index (κ3) is 2.22. The Bertz CT molecular complexity index is 637. The summed E-state index contributed by atoms with van der Waals surface area (Å²) in [5.41, 5.74) is 0.750. The van der Waals surface area contributed by atoms with Crippen LogP contribution in [0.2, 0.25) is 5.02 Å². The molecular formula is C12H10ClFN2O. The van der Waals surface area contributed by atoms with Crippen molar-refractivity contribution in [1.29, 1.82) is 0 Å². The first-order valence-electron chi connectivity index (χ1n) is 5.02. The number of H-pyrrole nitrogens is 1. The largest absolute Gasteiger partial charge is 0.311 e. The molecule has 2 rings (SSSR count). The van der Waals surface area contributed by atoms with E-state index >= 15 is 0 Å². The van der Waals surface area contributed by atoms with Gasteiger partial charge >= 0.3 is 0 Å². The molecule has 0 saturated heterocycles. The standard InChI is InChI=1S/C12H10ClFN2O/c1-6-11(15-7(2)16-12(6)17)9-4-3-8(13)5-10(9)14/h3-5H,1-2H3,(H,15,16,17). The topological polar surface area (TPSA) is 45.8 Å². The first-order valence-corrected chi connectivity index (χ1v) is 5.40. The van der Waals surface area contributed by atoms with Crippen LogP contribution in [0, 0.1) is 19.7 Å². The van der Waals surface area contributed by atoms with Gasteiger partial charge < -0.3 is 4.98 Å². The molecule has 17 heavy (non-hydrogen) atoms. The number of nitrogens with one attached hydrogen (secondary N) is 1. The summed E-state index contributed by atoms with van der Waals surface area (Å²) < 4.78 is 13.7. The van der Waals surface area contributed by atoms with Crippen molar-refractivity contribution in [2.75, 3.05) is 0 Å². The molecule has 0 aliphatic heterocycles. The zero-order valence-electron chi connectivity index (χ0n) is 9.34. The smallest absolute Gasteiger partial charge is 0.254 e. The van der Waals surface area contributed by atoms with Gasteiger partial charge in [0, 0.05) is 16.1 Å². The zero-order valence-corrected chi connectivity index (χ0v) is 10.1. The summed E-state index contributed by atoms with van der Waals surface area (Å²) >= 11 is 5.68. The van der Waals surface area contributed by atoms with Crippen molar-refractivity contribution in [3.8, 4) is 11.3 Å². The van der Waals surface area contributed by atoms with Gasteiger partial charge in [-0.25, -0.2) is 9.37 Å². The fourth-order valence-electron chi connectivity index (χ4n) is 1.59. The van der Waals surface area contributed by atoms with E-state index in [1.165, 1.54) is 12.1 Å². The molecule has 1 aromatic carbocycles. The first-order chi connectivity index (χ1) is 7.99. The molecule has 0 atom stereocenters. The van der Waals surface area contributed by atoms with Crippen LogP contribution >= 0.6 is 11.6 Å². The summed E-state index contributed by atoms with van der Waals surface area (Å²) in [5, 5.41) is 0.311. The summed E-state index contributed by atoms with van der Waals surface area (Å²) in [6, 6.07) is 4.29. The summed E-state index contributed by atoms with van der Waals surface area (Å²) in [7, 11) is 0. The highest BCUT2D eigenvalue weighted by Crippen LogP contribution is 2.24. The van der Waals surface area contributed by atoms with Gasteiger partial charge in [0.25, 0.3) is 5.56 Å². The lowest BCUT2D eigenvalue weighted by molar-refractivity contribution is 0.630. The van der Waals surface area contributed by atoms with Crippen molar-refractivity contribution < 1.29 is 4.39 Å². The predicted molar refractivity (Wildman–Crippen MR) is 64.7 cm³/mol. The second-order valence-corrected chi connectivity index (χ2v) is 4.19. The molecule has 0 aliphatic rings. The summed E-state index contributed by atoms with van der Waals surface area (Å²) in [6.07, 6.45) is 0. The van der Waals surface area contributed by atoms with Crippen molar-refractivity contribution in [1.82, 2.24) is 9.97 Å². The van der Waals surface area contributed by atoms with Crippen LogP contribution in [0.3, 0.4) is 0 Å². The van der Waals surface area contributed by atoms with Crippen molar-refractivity contribution >= 4 is 11.6 Å². The van der Waals surface area contributed by atoms with E-state index in [1.807, 2.05) is 0 Å². The third-order valence-electron chi connectivity index (χ3n) is 2.46. The lowest BCUT2D eigenvalue weighted by Gasteiger charge is -2.07. The van der Waals surface area contributed by atoms with Crippen LogP contribution in [0.25, 0.3) is 11.3 Å². The Balaban J connectivity index is 2.72. The second-order valence-electron chi connectivity index (χ2n) is 3.75. The van der Waals surface area contributed by atoms with Crippen LogP contribution in [0.4, 0.5) is 4.39 Å². The zero-order chi connectivity index (χ0) is 12.6. The van der Waals surface area contributed by atoms with Crippen LogP contribution in [0.15, 0.2) is 23.0 Å². The molecule has 1 N–H and O–H groups in total. The lowest BCUT2D eigenvalue weighted by Crippen LogP contribution is -2.14. The van der Waals surface area contributed by atoms with Gasteiger partial charge in [-0.3, -0.25) is 4.79 Å². The maximum Gasteiger partial charge on any atom is 0.254 e. The Labute approximate surface area is 102 Å². The van der Waals surface area contributed by atoms with Crippen molar-refractivity contribution in [2.45, 2.75) is 13.8 Å². The van der Waals surface area contributed by atoms with Crippen LogP contribution in [0.5, 0.6) is 0 Å². The molecule has 0 fully saturated rings. The molecule has 0 amide bonds. The number of aryl methyl sites for hydroxylation is 1. The highest BCUT2D eigenvalue weighted by molar-refractivity contribution is 6.30. The fourth-order valence-corrected chi connectivity index (χ4v) is 1.75. The lowest BCUT2D eigenvalue weighted by atomic mass is 10.1. The predicted octanol–water partition coefficient (Wildman–Crippen LogP) is 2.85. The average molecular weight is 253 g/mol. The molecule has 0 aliphatic carbocycles. The molecule has 0 saturated carbocycles. The molecule has 2 aromatic rings. The number of rotatable bonds is 1. The number of hydrogen-bond acceptors (Lipinski definition) is 2. The number of aromatic nitrogens is 2. The average Bonchev–Trinajstić information content (AvgIpc) is 2.24. The maximum absolute atomic E-state index is 13.7. The summed E-state index contributed by atoms with van der Waals surface area (Å²) in [6.45, 7) is 3.26. The van der Waals surface area contributed by atoms with E-state index in [2.05, 4.69) is 9.97 Å². The minimum Gasteiger partial charge on any atom is -0.311 e. The molecule has 0 unspecified atom stereocenters. The monoisotopic (exact) mass is 252 g/mol. The van der Waals surface area contributed by atoms with Gasteiger partial charge in [0.2, 0.25) is 0 Å². The highest BCUT2D eigenvalue weighted by Gasteiger charge is 2.12. The van der Waals surface area contributed by atoms with Gasteiger partial charge in [-0.15, -0.1) is 0 Å².